The number of carbonyl (C=O) groups excluding carboxylic acids is 1. The third kappa shape index (κ3) is 2.73. The van der Waals surface area contributed by atoms with E-state index < -0.39 is 0 Å². The minimum absolute atomic E-state index is 0.0641. The lowest BCUT2D eigenvalue weighted by Gasteiger charge is -2.40. The molecule has 0 spiro atoms. The minimum atomic E-state index is -0.0641. The average molecular weight is 257 g/mol. The fourth-order valence-electron chi connectivity index (χ4n) is 2.70. The Bertz CT molecular complexity index is 487. The van der Waals surface area contributed by atoms with Gasteiger partial charge in [0.25, 0.3) is 0 Å². The summed E-state index contributed by atoms with van der Waals surface area (Å²) in [5.41, 5.74) is 2.35. The first-order valence-corrected chi connectivity index (χ1v) is 6.97. The number of allylic oxidation sites excluding steroid dienone is 1. The first kappa shape index (κ1) is 13.9. The van der Waals surface area contributed by atoms with Crippen molar-refractivity contribution in [2.75, 3.05) is 5.32 Å². The summed E-state index contributed by atoms with van der Waals surface area (Å²) in [5.74, 6) is 0.605. The number of ketones is 1. The summed E-state index contributed by atoms with van der Waals surface area (Å²) in [7, 11) is 0. The van der Waals surface area contributed by atoms with Crippen LogP contribution in [0.5, 0.6) is 0 Å². The van der Waals surface area contributed by atoms with Crippen LogP contribution in [0.2, 0.25) is 0 Å². The summed E-state index contributed by atoms with van der Waals surface area (Å²) in [6.45, 7) is 8.42. The molecule has 2 atom stereocenters. The Morgan fingerprint density at radius 3 is 2.47 bits per heavy atom. The molecular weight excluding hydrogens is 234 g/mol. The number of nitrogens with one attached hydrogen (secondary N) is 1. The van der Waals surface area contributed by atoms with Crippen LogP contribution in [0.25, 0.3) is 0 Å². The molecule has 0 amide bonds. The van der Waals surface area contributed by atoms with Gasteiger partial charge < -0.3 is 5.32 Å². The van der Waals surface area contributed by atoms with Gasteiger partial charge in [0.1, 0.15) is 5.78 Å². The Balaban J connectivity index is 2.21. The largest absolute Gasteiger partial charge is 0.362 e. The second-order valence-corrected chi connectivity index (χ2v) is 6.13. The van der Waals surface area contributed by atoms with Crippen LogP contribution in [-0.4, -0.2) is 5.78 Å². The Labute approximate surface area is 115 Å². The Hall–Kier alpha value is -1.57. The number of rotatable bonds is 2. The van der Waals surface area contributed by atoms with Gasteiger partial charge in [0.2, 0.25) is 0 Å². The van der Waals surface area contributed by atoms with Gasteiger partial charge >= 0.3 is 0 Å². The zero-order valence-corrected chi connectivity index (χ0v) is 12.2. The summed E-state index contributed by atoms with van der Waals surface area (Å²) in [5, 5.41) is 3.35. The van der Waals surface area contributed by atoms with Crippen LogP contribution in [-0.2, 0) is 4.79 Å². The average Bonchev–Trinajstić information content (AvgIpc) is 2.41. The van der Waals surface area contributed by atoms with Gasteiger partial charge in [-0.1, -0.05) is 45.9 Å². The van der Waals surface area contributed by atoms with E-state index in [4.69, 9.17) is 0 Å². The number of anilines is 1. The minimum Gasteiger partial charge on any atom is -0.362 e. The molecule has 1 fully saturated rings. The van der Waals surface area contributed by atoms with E-state index in [1.807, 2.05) is 44.2 Å². The van der Waals surface area contributed by atoms with Crippen LogP contribution in [0.3, 0.4) is 0 Å². The molecule has 0 radical (unpaired) electrons. The lowest BCUT2D eigenvalue weighted by atomic mass is 9.63. The summed E-state index contributed by atoms with van der Waals surface area (Å²) in [6, 6.07) is 10.1. The van der Waals surface area contributed by atoms with Gasteiger partial charge in [-0.3, -0.25) is 4.79 Å². The molecule has 0 aliphatic heterocycles. The maximum atomic E-state index is 12.1. The molecule has 1 aromatic rings. The Kier molecular flexibility index (Phi) is 3.79. The summed E-state index contributed by atoms with van der Waals surface area (Å²) < 4.78 is 0. The molecule has 1 aromatic carbocycles. The van der Waals surface area contributed by atoms with E-state index >= 15 is 0 Å². The number of para-hydroxylation sites is 1. The van der Waals surface area contributed by atoms with Crippen molar-refractivity contribution in [1.29, 1.82) is 0 Å². The van der Waals surface area contributed by atoms with Crippen LogP contribution in [0.15, 0.2) is 42.1 Å². The van der Waals surface area contributed by atoms with Crippen LogP contribution in [0.4, 0.5) is 5.69 Å². The van der Waals surface area contributed by atoms with E-state index in [9.17, 15) is 4.79 Å². The monoisotopic (exact) mass is 257 g/mol. The molecule has 0 heterocycles. The van der Waals surface area contributed by atoms with Gasteiger partial charge in [0.15, 0.2) is 0 Å². The molecule has 0 bridgehead atoms. The SMILES string of the molecule is CC1CC(=CNc2ccccc2)C(C)(C)C(C)C1=O. The molecule has 1 aliphatic rings. The molecule has 1 N–H and O–H groups in total. The topological polar surface area (TPSA) is 29.1 Å². The highest BCUT2D eigenvalue weighted by atomic mass is 16.1. The summed E-state index contributed by atoms with van der Waals surface area (Å²) in [4.78, 5) is 12.1. The lowest BCUT2D eigenvalue weighted by Crippen LogP contribution is -2.39. The second-order valence-electron chi connectivity index (χ2n) is 6.13. The van der Waals surface area contributed by atoms with Gasteiger partial charge in [-0.15, -0.1) is 0 Å². The molecule has 1 aliphatic carbocycles. The molecule has 19 heavy (non-hydrogen) atoms. The third-order valence-corrected chi connectivity index (χ3v) is 4.54. The van der Waals surface area contributed by atoms with Crippen LogP contribution >= 0.6 is 0 Å². The number of hydrogen-bond donors (Lipinski definition) is 1. The van der Waals surface area contributed by atoms with E-state index in [-0.39, 0.29) is 17.3 Å². The molecule has 0 saturated heterocycles. The van der Waals surface area contributed by atoms with Crippen molar-refractivity contribution in [2.24, 2.45) is 17.3 Å². The molecule has 2 unspecified atom stereocenters. The Morgan fingerprint density at radius 1 is 1.21 bits per heavy atom. The molecule has 0 aromatic heterocycles. The number of carbonyl (C=O) groups is 1. The fourth-order valence-corrected chi connectivity index (χ4v) is 2.70. The quantitative estimate of drug-likeness (QED) is 0.858. The van der Waals surface area contributed by atoms with Crippen LogP contribution < -0.4 is 5.32 Å². The second kappa shape index (κ2) is 5.20. The molecular formula is C17H23NO. The van der Waals surface area contributed by atoms with Crippen molar-refractivity contribution in [1.82, 2.24) is 0 Å². The van der Waals surface area contributed by atoms with E-state index in [1.165, 1.54) is 5.57 Å². The summed E-state index contributed by atoms with van der Waals surface area (Å²) >= 11 is 0. The van der Waals surface area contributed by atoms with E-state index in [1.54, 1.807) is 0 Å². The maximum Gasteiger partial charge on any atom is 0.139 e. The van der Waals surface area contributed by atoms with Crippen molar-refractivity contribution in [3.05, 3.63) is 42.1 Å². The number of benzene rings is 1. The predicted octanol–water partition coefficient (Wildman–Crippen LogP) is 4.25. The predicted molar refractivity (Wildman–Crippen MR) is 79.9 cm³/mol. The van der Waals surface area contributed by atoms with Crippen molar-refractivity contribution in [3.63, 3.8) is 0 Å². The van der Waals surface area contributed by atoms with Gasteiger partial charge in [-0.2, -0.15) is 0 Å². The molecule has 102 valence electrons. The highest BCUT2D eigenvalue weighted by Gasteiger charge is 2.41. The van der Waals surface area contributed by atoms with Crippen molar-refractivity contribution < 1.29 is 4.79 Å². The lowest BCUT2D eigenvalue weighted by molar-refractivity contribution is -0.130. The summed E-state index contributed by atoms with van der Waals surface area (Å²) in [6.07, 6.45) is 2.95. The van der Waals surface area contributed by atoms with E-state index in [0.717, 1.165) is 12.1 Å². The zero-order chi connectivity index (χ0) is 14.0. The maximum absolute atomic E-state index is 12.1. The molecule has 1 saturated carbocycles. The highest BCUT2D eigenvalue weighted by Crippen LogP contribution is 2.44. The molecule has 2 nitrogen and oxygen atoms in total. The van der Waals surface area contributed by atoms with Gasteiger partial charge in [0.05, 0.1) is 0 Å². The van der Waals surface area contributed by atoms with Crippen molar-refractivity contribution in [2.45, 2.75) is 34.1 Å². The standard InChI is InChI=1S/C17H23NO/c1-12-10-14(17(3,4)13(2)16(12)19)11-18-15-8-6-5-7-9-15/h5-9,11-13,18H,10H2,1-4H3. The van der Waals surface area contributed by atoms with E-state index in [2.05, 4.69) is 25.4 Å². The third-order valence-electron chi connectivity index (χ3n) is 4.54. The smallest absolute Gasteiger partial charge is 0.139 e. The number of Topliss-reactive ketones (excluding diaryl/α,β-unsaturated/α-hetero) is 1. The van der Waals surface area contributed by atoms with Crippen LogP contribution in [0.1, 0.15) is 34.1 Å². The van der Waals surface area contributed by atoms with Crippen molar-refractivity contribution >= 4 is 11.5 Å². The van der Waals surface area contributed by atoms with Gasteiger partial charge in [0, 0.05) is 23.7 Å². The first-order chi connectivity index (χ1) is 8.93. The van der Waals surface area contributed by atoms with Gasteiger partial charge in [-0.05, 0) is 29.5 Å². The van der Waals surface area contributed by atoms with E-state index in [0.29, 0.717) is 5.78 Å². The number of hydrogen-bond acceptors (Lipinski definition) is 2. The van der Waals surface area contributed by atoms with Crippen molar-refractivity contribution in [3.8, 4) is 0 Å². The normalized spacial score (nSPS) is 28.4. The van der Waals surface area contributed by atoms with Gasteiger partial charge in [-0.25, -0.2) is 0 Å². The zero-order valence-electron chi connectivity index (χ0n) is 12.2. The van der Waals surface area contributed by atoms with Crippen LogP contribution in [0, 0.1) is 17.3 Å². The Morgan fingerprint density at radius 2 is 1.84 bits per heavy atom. The molecule has 2 heteroatoms. The first-order valence-electron chi connectivity index (χ1n) is 6.97. The molecule has 2 rings (SSSR count). The fraction of sp³-hybridized carbons (Fsp3) is 0.471. The highest BCUT2D eigenvalue weighted by molar-refractivity contribution is 5.85.